The standard InChI is InChI=1S/C17H27N/c1-10(2)12-7-13(11(3)4)16-14(8-12)15(18)9-17(16,5)6/h7-8,10-11,15H,9,18H2,1-6H3/t15-/m0/s1. The van der Waals surface area contributed by atoms with E-state index in [-0.39, 0.29) is 11.5 Å². The lowest BCUT2D eigenvalue weighted by atomic mass is 9.79. The molecule has 2 rings (SSSR count). The van der Waals surface area contributed by atoms with Crippen LogP contribution < -0.4 is 5.73 Å². The van der Waals surface area contributed by atoms with Crippen LogP contribution in [0, 0.1) is 0 Å². The Hall–Kier alpha value is -0.820. The minimum atomic E-state index is 0.214. The Morgan fingerprint density at radius 1 is 1.11 bits per heavy atom. The van der Waals surface area contributed by atoms with Gasteiger partial charge in [0.25, 0.3) is 0 Å². The molecule has 18 heavy (non-hydrogen) atoms. The molecule has 100 valence electrons. The van der Waals surface area contributed by atoms with Crippen LogP contribution in [0.5, 0.6) is 0 Å². The zero-order chi connectivity index (χ0) is 13.7. The molecule has 0 bridgehead atoms. The molecular formula is C17H27N. The highest BCUT2D eigenvalue weighted by atomic mass is 14.7. The minimum Gasteiger partial charge on any atom is -0.324 e. The number of rotatable bonds is 2. The maximum Gasteiger partial charge on any atom is 0.0306 e. The largest absolute Gasteiger partial charge is 0.324 e. The summed E-state index contributed by atoms with van der Waals surface area (Å²) in [4.78, 5) is 0. The lowest BCUT2D eigenvalue weighted by Crippen LogP contribution is -2.16. The zero-order valence-corrected chi connectivity index (χ0v) is 12.7. The van der Waals surface area contributed by atoms with Crippen molar-refractivity contribution in [2.45, 2.75) is 71.3 Å². The predicted octanol–water partition coefficient (Wildman–Crippen LogP) is 4.61. The molecule has 1 aliphatic carbocycles. The molecule has 0 saturated heterocycles. The lowest BCUT2D eigenvalue weighted by Gasteiger charge is -2.25. The highest BCUT2D eigenvalue weighted by Gasteiger charge is 2.37. The molecule has 0 radical (unpaired) electrons. The fourth-order valence-electron chi connectivity index (χ4n) is 3.34. The van der Waals surface area contributed by atoms with Gasteiger partial charge in [0.05, 0.1) is 0 Å². The summed E-state index contributed by atoms with van der Waals surface area (Å²) in [5.41, 5.74) is 12.5. The quantitative estimate of drug-likeness (QED) is 0.808. The molecule has 1 aliphatic rings. The third kappa shape index (κ3) is 2.09. The molecular weight excluding hydrogens is 218 g/mol. The van der Waals surface area contributed by atoms with Crippen molar-refractivity contribution in [3.05, 3.63) is 34.4 Å². The average molecular weight is 245 g/mol. The molecule has 0 amide bonds. The highest BCUT2D eigenvalue weighted by molar-refractivity contribution is 5.50. The fourth-order valence-corrected chi connectivity index (χ4v) is 3.34. The molecule has 1 atom stereocenters. The van der Waals surface area contributed by atoms with Crippen molar-refractivity contribution in [3.63, 3.8) is 0 Å². The first-order valence-corrected chi connectivity index (χ1v) is 7.18. The van der Waals surface area contributed by atoms with Gasteiger partial charge in [0.15, 0.2) is 0 Å². The van der Waals surface area contributed by atoms with Crippen LogP contribution in [-0.2, 0) is 5.41 Å². The van der Waals surface area contributed by atoms with E-state index in [1.807, 2.05) is 0 Å². The smallest absolute Gasteiger partial charge is 0.0306 e. The molecule has 0 saturated carbocycles. The summed E-state index contributed by atoms with van der Waals surface area (Å²) in [6, 6.07) is 4.98. The van der Waals surface area contributed by atoms with E-state index in [0.29, 0.717) is 11.8 Å². The first kappa shape index (κ1) is 13.6. The second-order valence-corrected chi connectivity index (χ2v) is 7.08. The number of fused-ring (bicyclic) bond motifs is 1. The zero-order valence-electron chi connectivity index (χ0n) is 12.7. The van der Waals surface area contributed by atoms with Crippen LogP contribution in [0.4, 0.5) is 0 Å². The molecule has 0 aromatic heterocycles. The van der Waals surface area contributed by atoms with Crippen molar-refractivity contribution in [2.75, 3.05) is 0 Å². The van der Waals surface area contributed by atoms with Gasteiger partial charge in [-0.15, -0.1) is 0 Å². The summed E-state index contributed by atoms with van der Waals surface area (Å²) in [6.45, 7) is 13.8. The first-order chi connectivity index (χ1) is 8.24. The fraction of sp³-hybridized carbons (Fsp3) is 0.647. The van der Waals surface area contributed by atoms with Gasteiger partial charge in [-0.05, 0) is 45.9 Å². The third-order valence-electron chi connectivity index (χ3n) is 4.32. The summed E-state index contributed by atoms with van der Waals surface area (Å²) in [7, 11) is 0. The second-order valence-electron chi connectivity index (χ2n) is 7.08. The molecule has 1 nitrogen and oxygen atoms in total. The van der Waals surface area contributed by atoms with E-state index in [4.69, 9.17) is 5.73 Å². The van der Waals surface area contributed by atoms with Crippen molar-refractivity contribution in [2.24, 2.45) is 5.73 Å². The molecule has 1 heteroatoms. The molecule has 0 fully saturated rings. The average Bonchev–Trinajstić information content (AvgIpc) is 2.48. The van der Waals surface area contributed by atoms with Crippen LogP contribution in [-0.4, -0.2) is 0 Å². The SMILES string of the molecule is CC(C)c1cc(C(C)C)c2c(c1)[C@@H](N)CC2(C)C. The monoisotopic (exact) mass is 245 g/mol. The second kappa shape index (κ2) is 4.38. The molecule has 0 unspecified atom stereocenters. The van der Waals surface area contributed by atoms with E-state index in [1.54, 1.807) is 0 Å². The molecule has 2 N–H and O–H groups in total. The van der Waals surface area contributed by atoms with Crippen LogP contribution in [0.2, 0.25) is 0 Å². The normalized spacial score (nSPS) is 21.7. The van der Waals surface area contributed by atoms with Gasteiger partial charge in [-0.2, -0.15) is 0 Å². The summed E-state index contributed by atoms with van der Waals surface area (Å²) in [6.07, 6.45) is 1.07. The van der Waals surface area contributed by atoms with Gasteiger partial charge in [0, 0.05) is 6.04 Å². The molecule has 0 spiro atoms. The summed E-state index contributed by atoms with van der Waals surface area (Å²) < 4.78 is 0. The Labute approximate surface area is 112 Å². The number of nitrogens with two attached hydrogens (primary N) is 1. The van der Waals surface area contributed by atoms with Crippen LogP contribution in [0.1, 0.15) is 88.1 Å². The van der Waals surface area contributed by atoms with Gasteiger partial charge in [-0.25, -0.2) is 0 Å². The van der Waals surface area contributed by atoms with E-state index in [1.165, 1.54) is 22.3 Å². The van der Waals surface area contributed by atoms with Crippen LogP contribution in [0.3, 0.4) is 0 Å². The van der Waals surface area contributed by atoms with Crippen molar-refractivity contribution < 1.29 is 0 Å². The number of benzene rings is 1. The van der Waals surface area contributed by atoms with Gasteiger partial charge in [-0.1, -0.05) is 53.7 Å². The van der Waals surface area contributed by atoms with E-state index in [2.05, 4.69) is 53.7 Å². The minimum absolute atomic E-state index is 0.214. The van der Waals surface area contributed by atoms with E-state index in [0.717, 1.165) is 6.42 Å². The Bertz CT molecular complexity index is 455. The van der Waals surface area contributed by atoms with Crippen molar-refractivity contribution >= 4 is 0 Å². The van der Waals surface area contributed by atoms with Gasteiger partial charge in [0.2, 0.25) is 0 Å². The summed E-state index contributed by atoms with van der Waals surface area (Å²) in [5, 5.41) is 0. The van der Waals surface area contributed by atoms with Crippen molar-refractivity contribution in [3.8, 4) is 0 Å². The number of hydrogen-bond donors (Lipinski definition) is 1. The summed E-state index contributed by atoms with van der Waals surface area (Å²) >= 11 is 0. The van der Waals surface area contributed by atoms with Crippen molar-refractivity contribution in [1.82, 2.24) is 0 Å². The first-order valence-electron chi connectivity index (χ1n) is 7.18. The Balaban J connectivity index is 2.69. The van der Waals surface area contributed by atoms with Crippen LogP contribution >= 0.6 is 0 Å². The third-order valence-corrected chi connectivity index (χ3v) is 4.32. The molecule has 1 aromatic rings. The Morgan fingerprint density at radius 2 is 1.72 bits per heavy atom. The lowest BCUT2D eigenvalue weighted by molar-refractivity contribution is 0.477. The van der Waals surface area contributed by atoms with Crippen molar-refractivity contribution in [1.29, 1.82) is 0 Å². The van der Waals surface area contributed by atoms with Gasteiger partial charge < -0.3 is 5.73 Å². The van der Waals surface area contributed by atoms with E-state index >= 15 is 0 Å². The predicted molar refractivity (Wildman–Crippen MR) is 79.2 cm³/mol. The van der Waals surface area contributed by atoms with Gasteiger partial charge >= 0.3 is 0 Å². The van der Waals surface area contributed by atoms with E-state index < -0.39 is 0 Å². The maximum absolute atomic E-state index is 6.36. The van der Waals surface area contributed by atoms with Gasteiger partial charge in [0.1, 0.15) is 0 Å². The van der Waals surface area contributed by atoms with Crippen LogP contribution in [0.25, 0.3) is 0 Å². The Kier molecular flexibility index (Phi) is 3.31. The summed E-state index contributed by atoms with van der Waals surface area (Å²) in [5.74, 6) is 1.14. The molecule has 0 aliphatic heterocycles. The molecule has 1 aromatic carbocycles. The number of hydrogen-bond acceptors (Lipinski definition) is 1. The molecule has 0 heterocycles. The topological polar surface area (TPSA) is 26.0 Å². The van der Waals surface area contributed by atoms with Gasteiger partial charge in [-0.3, -0.25) is 0 Å². The maximum atomic E-state index is 6.36. The van der Waals surface area contributed by atoms with Crippen LogP contribution in [0.15, 0.2) is 12.1 Å². The highest BCUT2D eigenvalue weighted by Crippen LogP contribution is 2.47. The Morgan fingerprint density at radius 3 is 2.22 bits per heavy atom. The van der Waals surface area contributed by atoms with E-state index in [9.17, 15) is 0 Å².